The molecule has 9 nitrogen and oxygen atoms in total. The van der Waals surface area contributed by atoms with Crippen molar-refractivity contribution in [1.82, 2.24) is 0 Å². The monoisotopic (exact) mass is 823 g/mol. The van der Waals surface area contributed by atoms with Crippen molar-refractivity contribution >= 4 is 5.97 Å². The number of unbranched alkanes of at least 4 members (excludes halogenated alkanes) is 24. The highest BCUT2D eigenvalue weighted by Crippen LogP contribution is 2.23. The predicted octanol–water partition coefficient (Wildman–Crippen LogP) is 11.1. The number of hydrogen-bond donors (Lipinski definition) is 4. The lowest BCUT2D eigenvalue weighted by molar-refractivity contribution is -0.305. The van der Waals surface area contributed by atoms with E-state index >= 15 is 0 Å². The average Bonchev–Trinajstić information content (AvgIpc) is 3.22. The SMILES string of the molecule is CC/C=C\C/C=C\C/C=C\CCCCCCCCOCC(COC1OC(CO)C(O)C(O)C1O)OC(=O)CCCCCCCCCCCCCCCCCCCCC. The van der Waals surface area contributed by atoms with Crippen LogP contribution in [0.15, 0.2) is 36.5 Å². The fourth-order valence-electron chi connectivity index (χ4n) is 7.33. The Bertz CT molecular complexity index is 983. The number of rotatable bonds is 41. The second kappa shape index (κ2) is 40.8. The minimum atomic E-state index is -1.54. The van der Waals surface area contributed by atoms with Gasteiger partial charge in [-0.25, -0.2) is 0 Å². The smallest absolute Gasteiger partial charge is 0.306 e. The van der Waals surface area contributed by atoms with E-state index in [4.69, 9.17) is 18.9 Å². The third kappa shape index (κ3) is 31.3. The number of hydrogen-bond acceptors (Lipinski definition) is 9. The second-order valence-electron chi connectivity index (χ2n) is 16.5. The Morgan fingerprint density at radius 2 is 1.05 bits per heavy atom. The normalized spacial score (nSPS) is 20.6. The maximum absolute atomic E-state index is 12.8. The summed E-state index contributed by atoms with van der Waals surface area (Å²) in [5.41, 5.74) is 0. The number of aliphatic hydroxyl groups excluding tert-OH is 4. The zero-order chi connectivity index (χ0) is 42.2. The van der Waals surface area contributed by atoms with Crippen LogP contribution in [0.25, 0.3) is 0 Å². The molecule has 1 aliphatic heterocycles. The Morgan fingerprint density at radius 3 is 1.59 bits per heavy atom. The Kier molecular flexibility index (Phi) is 38.3. The zero-order valence-electron chi connectivity index (χ0n) is 37.3. The molecular formula is C49H90O9. The van der Waals surface area contributed by atoms with Gasteiger partial charge in [0.05, 0.1) is 19.8 Å². The van der Waals surface area contributed by atoms with Gasteiger partial charge in [0.1, 0.15) is 30.5 Å². The van der Waals surface area contributed by atoms with Gasteiger partial charge in [-0.05, 0) is 44.9 Å². The Morgan fingerprint density at radius 1 is 0.569 bits per heavy atom. The van der Waals surface area contributed by atoms with Crippen molar-refractivity contribution < 1.29 is 44.2 Å². The van der Waals surface area contributed by atoms with E-state index < -0.39 is 43.4 Å². The van der Waals surface area contributed by atoms with E-state index in [9.17, 15) is 25.2 Å². The molecule has 0 bridgehead atoms. The van der Waals surface area contributed by atoms with E-state index in [2.05, 4.69) is 50.3 Å². The molecule has 0 aromatic heterocycles. The zero-order valence-corrected chi connectivity index (χ0v) is 37.3. The highest BCUT2D eigenvalue weighted by Gasteiger charge is 2.44. The molecule has 0 amide bonds. The molecule has 1 heterocycles. The van der Waals surface area contributed by atoms with Crippen LogP contribution >= 0.6 is 0 Å². The Balaban J connectivity index is 2.23. The summed E-state index contributed by atoms with van der Waals surface area (Å²) in [5, 5.41) is 40.2. The lowest BCUT2D eigenvalue weighted by Crippen LogP contribution is -2.59. The van der Waals surface area contributed by atoms with Crippen LogP contribution in [0.1, 0.15) is 206 Å². The number of carbonyl (C=O) groups is 1. The van der Waals surface area contributed by atoms with E-state index in [0.29, 0.717) is 13.0 Å². The summed E-state index contributed by atoms with van der Waals surface area (Å²) in [7, 11) is 0. The molecule has 9 heteroatoms. The Hall–Kier alpha value is -1.59. The number of allylic oxidation sites excluding steroid dienone is 6. The van der Waals surface area contributed by atoms with Crippen LogP contribution in [0.2, 0.25) is 0 Å². The highest BCUT2D eigenvalue weighted by molar-refractivity contribution is 5.69. The number of ether oxygens (including phenoxy) is 4. The topological polar surface area (TPSA) is 135 Å². The number of esters is 1. The maximum Gasteiger partial charge on any atom is 0.306 e. The Labute approximate surface area is 355 Å². The summed E-state index contributed by atoms with van der Waals surface area (Å²) < 4.78 is 22.8. The van der Waals surface area contributed by atoms with Crippen LogP contribution in [-0.2, 0) is 23.7 Å². The standard InChI is InChI=1S/C49H90O9/c1-3-5-7-9-11-13-15-17-19-21-22-23-24-26-28-30-32-34-36-38-45(51)57-43(42-56-49-48(54)47(53)46(52)44(40-50)58-49)41-55-39-37-35-33-31-29-27-25-20-18-16-14-12-10-8-6-4-2/h6,8,12,14,18,20,43-44,46-50,52-54H,3-5,7,9-11,13,15-17,19,21-42H2,1-2H3/b8-6-,14-12-,20-18-. The summed E-state index contributed by atoms with van der Waals surface area (Å²) in [4.78, 5) is 12.8. The van der Waals surface area contributed by atoms with Crippen molar-refractivity contribution in [3.8, 4) is 0 Å². The van der Waals surface area contributed by atoms with Crippen molar-refractivity contribution in [3.63, 3.8) is 0 Å². The van der Waals surface area contributed by atoms with Gasteiger partial charge in [0.25, 0.3) is 0 Å². The average molecular weight is 823 g/mol. The molecule has 1 saturated heterocycles. The van der Waals surface area contributed by atoms with Crippen molar-refractivity contribution in [3.05, 3.63) is 36.5 Å². The molecule has 58 heavy (non-hydrogen) atoms. The van der Waals surface area contributed by atoms with Gasteiger partial charge < -0.3 is 39.4 Å². The fourth-order valence-corrected chi connectivity index (χ4v) is 7.33. The van der Waals surface area contributed by atoms with E-state index in [1.807, 2.05) is 0 Å². The molecule has 0 radical (unpaired) electrons. The number of carbonyl (C=O) groups excluding carboxylic acids is 1. The maximum atomic E-state index is 12.8. The summed E-state index contributed by atoms with van der Waals surface area (Å²) >= 11 is 0. The molecule has 0 aromatic rings. The van der Waals surface area contributed by atoms with Crippen molar-refractivity contribution in [1.29, 1.82) is 0 Å². The van der Waals surface area contributed by atoms with E-state index in [1.54, 1.807) is 0 Å². The second-order valence-corrected chi connectivity index (χ2v) is 16.5. The third-order valence-electron chi connectivity index (χ3n) is 11.1. The lowest BCUT2D eigenvalue weighted by atomic mass is 9.99. The third-order valence-corrected chi connectivity index (χ3v) is 11.1. The molecule has 0 saturated carbocycles. The van der Waals surface area contributed by atoms with Crippen LogP contribution in [0.5, 0.6) is 0 Å². The first-order valence-corrected chi connectivity index (χ1v) is 24.1. The molecule has 4 N–H and O–H groups in total. The summed E-state index contributed by atoms with van der Waals surface area (Å²) in [6.07, 6.45) is 41.7. The molecule has 340 valence electrons. The van der Waals surface area contributed by atoms with Crippen LogP contribution in [0.4, 0.5) is 0 Å². The van der Waals surface area contributed by atoms with Gasteiger partial charge in [-0.2, -0.15) is 0 Å². The molecule has 1 fully saturated rings. The quantitative estimate of drug-likeness (QED) is 0.0270. The molecule has 0 aromatic carbocycles. The molecule has 1 rings (SSSR count). The fraction of sp³-hybridized carbons (Fsp3) is 0.857. The van der Waals surface area contributed by atoms with Crippen LogP contribution in [0, 0.1) is 0 Å². The first-order chi connectivity index (χ1) is 28.4. The van der Waals surface area contributed by atoms with Gasteiger partial charge in [-0.1, -0.05) is 192 Å². The summed E-state index contributed by atoms with van der Waals surface area (Å²) in [6, 6.07) is 0. The van der Waals surface area contributed by atoms with Gasteiger partial charge in [0, 0.05) is 13.0 Å². The van der Waals surface area contributed by atoms with E-state index in [0.717, 1.165) is 64.2 Å². The first kappa shape index (κ1) is 54.4. The molecule has 6 unspecified atom stereocenters. The first-order valence-electron chi connectivity index (χ1n) is 24.1. The minimum absolute atomic E-state index is 0.116. The van der Waals surface area contributed by atoms with E-state index in [-0.39, 0.29) is 19.2 Å². The van der Waals surface area contributed by atoms with Crippen molar-refractivity contribution in [2.45, 2.75) is 243 Å². The minimum Gasteiger partial charge on any atom is -0.457 e. The van der Waals surface area contributed by atoms with Crippen LogP contribution in [0.3, 0.4) is 0 Å². The molecule has 0 spiro atoms. The van der Waals surface area contributed by atoms with Gasteiger partial charge in [0.15, 0.2) is 6.29 Å². The highest BCUT2D eigenvalue weighted by atomic mass is 16.7. The van der Waals surface area contributed by atoms with Gasteiger partial charge in [-0.3, -0.25) is 4.79 Å². The predicted molar refractivity (Wildman–Crippen MR) is 238 cm³/mol. The van der Waals surface area contributed by atoms with Crippen LogP contribution in [-0.4, -0.2) is 89.6 Å². The van der Waals surface area contributed by atoms with E-state index in [1.165, 1.54) is 122 Å². The molecule has 1 aliphatic rings. The van der Waals surface area contributed by atoms with Crippen molar-refractivity contribution in [2.75, 3.05) is 26.4 Å². The van der Waals surface area contributed by atoms with Gasteiger partial charge in [-0.15, -0.1) is 0 Å². The number of aliphatic hydroxyl groups is 4. The molecular weight excluding hydrogens is 733 g/mol. The summed E-state index contributed by atoms with van der Waals surface area (Å²) in [5.74, 6) is -0.316. The lowest BCUT2D eigenvalue weighted by Gasteiger charge is -2.39. The van der Waals surface area contributed by atoms with Crippen molar-refractivity contribution in [2.24, 2.45) is 0 Å². The van der Waals surface area contributed by atoms with Gasteiger partial charge in [0.2, 0.25) is 0 Å². The molecule has 6 atom stereocenters. The molecule has 0 aliphatic carbocycles. The summed E-state index contributed by atoms with van der Waals surface area (Å²) in [6.45, 7) is 4.45. The van der Waals surface area contributed by atoms with Crippen LogP contribution < -0.4 is 0 Å². The largest absolute Gasteiger partial charge is 0.457 e. The van der Waals surface area contributed by atoms with Gasteiger partial charge >= 0.3 is 5.97 Å².